The van der Waals surface area contributed by atoms with Crippen LogP contribution < -0.4 is 10.4 Å². The number of rotatable bonds is 4. The van der Waals surface area contributed by atoms with Crippen LogP contribution in [0.4, 0.5) is 0 Å². The van der Waals surface area contributed by atoms with Gasteiger partial charge in [0.15, 0.2) is 5.82 Å². The van der Waals surface area contributed by atoms with E-state index in [1.165, 1.54) is 32.5 Å². The van der Waals surface area contributed by atoms with Crippen molar-refractivity contribution in [3.63, 3.8) is 0 Å². The molecule has 3 nitrogen and oxygen atoms in total. The molecular weight excluding hydrogens is 527 g/mol. The fourth-order valence-electron chi connectivity index (χ4n) is 6.69. The third kappa shape index (κ3) is 3.72. The third-order valence-electron chi connectivity index (χ3n) is 8.59. The van der Waals surface area contributed by atoms with E-state index in [-0.39, 0.29) is 0 Å². The summed E-state index contributed by atoms with van der Waals surface area (Å²) in [4.78, 5) is 10.5. The van der Waals surface area contributed by atoms with Crippen LogP contribution in [0.25, 0.3) is 61.8 Å². The predicted molar refractivity (Wildman–Crippen MR) is 177 cm³/mol. The average molecular weight is 556 g/mol. The number of para-hydroxylation sites is 2. The van der Waals surface area contributed by atoms with E-state index in [0.29, 0.717) is 0 Å². The number of hydrogen-bond donors (Lipinski definition) is 0. The van der Waals surface area contributed by atoms with Crippen molar-refractivity contribution in [3.05, 3.63) is 140 Å². The minimum absolute atomic E-state index is 0.738. The maximum absolute atomic E-state index is 5.23. The molecule has 3 heterocycles. The normalized spacial score (nSPS) is 13.2. The quantitative estimate of drug-likeness (QED) is 0.205. The van der Waals surface area contributed by atoms with Crippen LogP contribution in [0.1, 0.15) is 0 Å². The first-order valence-electron chi connectivity index (χ1n) is 14.4. The van der Waals surface area contributed by atoms with Crippen molar-refractivity contribution in [2.24, 2.45) is 0 Å². The molecule has 0 bridgehead atoms. The van der Waals surface area contributed by atoms with E-state index in [0.717, 1.165) is 39.6 Å². The number of hydrogen-bond acceptors (Lipinski definition) is 2. The van der Waals surface area contributed by atoms with Gasteiger partial charge < -0.3 is 4.57 Å². The molecule has 0 aliphatic carbocycles. The molecule has 7 aromatic rings. The Morgan fingerprint density at radius 3 is 1.74 bits per heavy atom. The van der Waals surface area contributed by atoms with Crippen LogP contribution in [0.15, 0.2) is 140 Å². The monoisotopic (exact) mass is 555 g/mol. The zero-order valence-electron chi connectivity index (χ0n) is 23.6. The van der Waals surface area contributed by atoms with Crippen LogP contribution in [0.5, 0.6) is 0 Å². The van der Waals surface area contributed by atoms with Crippen LogP contribution in [-0.4, -0.2) is 22.6 Å². The van der Waals surface area contributed by atoms with E-state index in [1.807, 2.05) is 12.1 Å². The van der Waals surface area contributed by atoms with Crippen LogP contribution in [0.3, 0.4) is 0 Å². The zero-order valence-corrected chi connectivity index (χ0v) is 24.6. The average Bonchev–Trinajstić information content (AvgIpc) is 3.53. The Hall–Kier alpha value is -5.06. The van der Waals surface area contributed by atoms with Crippen molar-refractivity contribution in [2.45, 2.75) is 13.1 Å². The molecule has 1 aliphatic rings. The summed E-state index contributed by atoms with van der Waals surface area (Å²) < 4.78 is 2.47. The summed E-state index contributed by atoms with van der Waals surface area (Å²) >= 11 is 0. The van der Waals surface area contributed by atoms with E-state index in [1.54, 1.807) is 0 Å². The Bertz CT molecular complexity index is 2040. The molecule has 0 fully saturated rings. The van der Waals surface area contributed by atoms with Gasteiger partial charge in [-0.05, 0) is 40.2 Å². The second-order valence-electron chi connectivity index (χ2n) is 11.5. The minimum Gasteiger partial charge on any atom is -0.309 e. The molecule has 0 spiro atoms. The van der Waals surface area contributed by atoms with Gasteiger partial charge in [-0.2, -0.15) is 0 Å². The molecule has 0 atom stereocenters. The molecule has 4 heteroatoms. The van der Waals surface area contributed by atoms with Crippen molar-refractivity contribution < 1.29 is 0 Å². The Balaban J connectivity index is 1.49. The van der Waals surface area contributed by atoms with Crippen molar-refractivity contribution >= 4 is 29.4 Å². The summed E-state index contributed by atoms with van der Waals surface area (Å²) in [6.45, 7) is 4.97. The highest BCUT2D eigenvalue weighted by molar-refractivity contribution is 7.05. The summed E-state index contributed by atoms with van der Waals surface area (Å²) in [6, 6.07) is 49.4. The van der Waals surface area contributed by atoms with Crippen molar-refractivity contribution in [2.75, 3.05) is 0 Å². The van der Waals surface area contributed by atoms with Gasteiger partial charge in [-0.25, -0.2) is 9.97 Å². The fraction of sp³-hybridized carbons (Fsp3) is 0.0526. The van der Waals surface area contributed by atoms with Gasteiger partial charge in [0.2, 0.25) is 0 Å². The molecule has 200 valence electrons. The topological polar surface area (TPSA) is 30.7 Å². The molecule has 1 aliphatic heterocycles. The summed E-state index contributed by atoms with van der Waals surface area (Å²) in [7, 11) is -1.97. The molecule has 0 saturated heterocycles. The maximum atomic E-state index is 5.23. The Morgan fingerprint density at radius 1 is 0.548 bits per heavy atom. The molecule has 42 heavy (non-hydrogen) atoms. The summed E-state index contributed by atoms with van der Waals surface area (Å²) in [5, 5.41) is 4.29. The highest BCUT2D eigenvalue weighted by Crippen LogP contribution is 2.40. The van der Waals surface area contributed by atoms with Gasteiger partial charge in [-0.3, -0.25) is 0 Å². The van der Waals surface area contributed by atoms with Crippen LogP contribution >= 0.6 is 0 Å². The number of aromatic nitrogens is 3. The smallest absolute Gasteiger partial charge is 0.162 e. The summed E-state index contributed by atoms with van der Waals surface area (Å²) in [6.07, 6.45) is 0. The van der Waals surface area contributed by atoms with E-state index in [4.69, 9.17) is 9.97 Å². The lowest BCUT2D eigenvalue weighted by Crippen LogP contribution is -2.49. The first-order valence-corrected chi connectivity index (χ1v) is 17.4. The summed E-state index contributed by atoms with van der Waals surface area (Å²) in [5.74, 6) is 0.738. The zero-order chi connectivity index (χ0) is 28.3. The van der Waals surface area contributed by atoms with Crippen molar-refractivity contribution in [1.29, 1.82) is 0 Å². The molecule has 0 amide bonds. The number of nitrogens with zero attached hydrogens (tertiary/aromatic N) is 3. The molecule has 0 saturated carbocycles. The number of fused-ring (bicyclic) bond motifs is 5. The highest BCUT2D eigenvalue weighted by atomic mass is 28.3. The first kappa shape index (κ1) is 24.7. The van der Waals surface area contributed by atoms with Gasteiger partial charge >= 0.3 is 0 Å². The number of benzene rings is 5. The molecule has 5 aromatic carbocycles. The van der Waals surface area contributed by atoms with Gasteiger partial charge in [0.1, 0.15) is 8.07 Å². The second-order valence-corrected chi connectivity index (χ2v) is 15.7. The molecule has 0 radical (unpaired) electrons. The predicted octanol–water partition coefficient (Wildman–Crippen LogP) is 8.22. The molecular formula is C38H29N3Si. The minimum atomic E-state index is -1.97. The fourth-order valence-corrected chi connectivity index (χ4v) is 10.1. The Labute approximate surface area is 246 Å². The standard InChI is InChI=1S/C38H29N3Si/c1-42(2)34-24-13-12-21-29(34)36-37(42)30-22-14-23-31(35(30)41(36)28-19-10-5-11-20-28)38-39-32(26-15-6-3-7-16-26)25-33(40-38)27-17-8-4-9-18-27/h3-25H,1-2H3. The molecule has 8 rings (SSSR count). The third-order valence-corrected chi connectivity index (χ3v) is 12.1. The largest absolute Gasteiger partial charge is 0.309 e. The van der Waals surface area contributed by atoms with Crippen LogP contribution in [-0.2, 0) is 0 Å². The SMILES string of the molecule is C[Si]1(C)c2ccccc2-c2c1c1cccc(-c3nc(-c4ccccc4)cc(-c4ccccc4)n3)c1n2-c1ccccc1. The summed E-state index contributed by atoms with van der Waals surface area (Å²) in [5.41, 5.74) is 10.0. The van der Waals surface area contributed by atoms with Gasteiger partial charge in [0, 0.05) is 27.8 Å². The van der Waals surface area contributed by atoms with Gasteiger partial charge in [0.05, 0.1) is 22.6 Å². The molecule has 2 aromatic heterocycles. The van der Waals surface area contributed by atoms with Gasteiger partial charge in [0.25, 0.3) is 0 Å². The van der Waals surface area contributed by atoms with Crippen molar-refractivity contribution in [1.82, 2.24) is 14.5 Å². The Kier molecular flexibility index (Phi) is 5.59. The van der Waals surface area contributed by atoms with Crippen LogP contribution in [0.2, 0.25) is 13.1 Å². The van der Waals surface area contributed by atoms with Gasteiger partial charge in [-0.1, -0.05) is 128 Å². The van der Waals surface area contributed by atoms with Crippen LogP contribution in [0, 0.1) is 0 Å². The van der Waals surface area contributed by atoms with E-state index >= 15 is 0 Å². The van der Waals surface area contributed by atoms with E-state index in [2.05, 4.69) is 145 Å². The van der Waals surface area contributed by atoms with Gasteiger partial charge in [-0.15, -0.1) is 0 Å². The second kappa shape index (κ2) is 9.50. The van der Waals surface area contributed by atoms with E-state index < -0.39 is 8.07 Å². The molecule has 0 N–H and O–H groups in total. The Morgan fingerprint density at radius 2 is 1.10 bits per heavy atom. The lowest BCUT2D eigenvalue weighted by Gasteiger charge is -2.19. The molecule has 0 unspecified atom stereocenters. The lowest BCUT2D eigenvalue weighted by atomic mass is 10.1. The highest BCUT2D eigenvalue weighted by Gasteiger charge is 2.42. The lowest BCUT2D eigenvalue weighted by molar-refractivity contribution is 1.13. The van der Waals surface area contributed by atoms with E-state index in [9.17, 15) is 0 Å². The van der Waals surface area contributed by atoms with Crippen molar-refractivity contribution in [3.8, 4) is 50.8 Å². The first-order chi connectivity index (χ1) is 20.6. The maximum Gasteiger partial charge on any atom is 0.162 e.